The second kappa shape index (κ2) is 10.6. The lowest BCUT2D eigenvalue weighted by Gasteiger charge is -2.47. The molecule has 1 unspecified atom stereocenters. The monoisotopic (exact) mass is 557 g/mol. The van der Waals surface area contributed by atoms with E-state index >= 15 is 0 Å². The molecule has 1 atom stereocenters. The number of nitrogens with one attached hydrogen (secondary N) is 1. The Balaban J connectivity index is 1.16. The highest BCUT2D eigenvalue weighted by atomic mass is 19.4. The van der Waals surface area contributed by atoms with Gasteiger partial charge in [0.1, 0.15) is 5.60 Å². The number of nitrogens with zero attached hydrogens (tertiary/aromatic N) is 2. The van der Waals surface area contributed by atoms with E-state index in [-0.39, 0.29) is 17.4 Å². The molecular weight excluding hydrogens is 519 g/mol. The first-order valence-corrected chi connectivity index (χ1v) is 14.2. The second-order valence-electron chi connectivity index (χ2n) is 12.5. The van der Waals surface area contributed by atoms with E-state index in [0.717, 1.165) is 80.6 Å². The Bertz CT molecular complexity index is 1240. The normalized spacial score (nSPS) is 20.8. The van der Waals surface area contributed by atoms with E-state index in [1.807, 2.05) is 43.9 Å². The van der Waals surface area contributed by atoms with E-state index in [2.05, 4.69) is 10.2 Å². The smallest absolute Gasteiger partial charge is 0.416 e. The van der Waals surface area contributed by atoms with Crippen LogP contribution in [0.3, 0.4) is 0 Å². The molecule has 9 heteroatoms. The standard InChI is InChI=1S/C31H38F3N3O3/c1-29(2,3)40-28(39)35-26-11-6-21-4-5-22(20-25(21)26)27(38)37-18-14-30(15-19-37)12-16-36(17-13-30)24-9-7-23(8-10-24)31(32,33)34/h4-5,7-10,20,26H,6,11-19H2,1-3H3,(H,35,39). The van der Waals surface area contributed by atoms with Crippen molar-refractivity contribution in [2.45, 2.75) is 77.1 Å². The number of carbonyl (C=O) groups excluding carboxylic acids is 2. The summed E-state index contributed by atoms with van der Waals surface area (Å²) in [5.74, 6) is 0.0164. The predicted octanol–water partition coefficient (Wildman–Crippen LogP) is 6.74. The van der Waals surface area contributed by atoms with Crippen molar-refractivity contribution in [3.05, 3.63) is 64.7 Å². The van der Waals surface area contributed by atoms with Gasteiger partial charge in [0, 0.05) is 37.4 Å². The molecule has 3 aliphatic rings. The highest BCUT2D eigenvalue weighted by Gasteiger charge is 2.39. The van der Waals surface area contributed by atoms with Crippen LogP contribution < -0.4 is 10.2 Å². The van der Waals surface area contributed by atoms with Crippen LogP contribution >= 0.6 is 0 Å². The first kappa shape index (κ1) is 28.3. The number of hydrogen-bond donors (Lipinski definition) is 1. The van der Waals surface area contributed by atoms with Gasteiger partial charge in [-0.2, -0.15) is 13.2 Å². The minimum absolute atomic E-state index is 0.0164. The average Bonchev–Trinajstić information content (AvgIpc) is 3.29. The van der Waals surface area contributed by atoms with Crippen LogP contribution in [-0.2, 0) is 17.3 Å². The fraction of sp³-hybridized carbons (Fsp3) is 0.548. The number of amides is 2. The van der Waals surface area contributed by atoms with Crippen LogP contribution in [0.1, 0.15) is 86.0 Å². The van der Waals surface area contributed by atoms with Gasteiger partial charge in [0.25, 0.3) is 5.91 Å². The van der Waals surface area contributed by atoms with Gasteiger partial charge in [-0.3, -0.25) is 4.79 Å². The molecule has 1 N–H and O–H groups in total. The van der Waals surface area contributed by atoms with Gasteiger partial charge >= 0.3 is 12.3 Å². The SMILES string of the molecule is CC(C)(C)OC(=O)NC1CCc2ccc(C(=O)N3CCC4(CC3)CCN(c3ccc(C(F)(F)F)cc3)CC4)cc21. The van der Waals surface area contributed by atoms with Gasteiger partial charge in [-0.15, -0.1) is 0 Å². The van der Waals surface area contributed by atoms with Crippen LogP contribution in [0.2, 0.25) is 0 Å². The van der Waals surface area contributed by atoms with Gasteiger partial charge < -0.3 is 19.9 Å². The summed E-state index contributed by atoms with van der Waals surface area (Å²) in [6, 6.07) is 11.1. The molecule has 2 aliphatic heterocycles. The minimum Gasteiger partial charge on any atom is -0.444 e. The van der Waals surface area contributed by atoms with Gasteiger partial charge in [-0.1, -0.05) is 6.07 Å². The van der Waals surface area contributed by atoms with Crippen LogP contribution in [0.25, 0.3) is 0 Å². The van der Waals surface area contributed by atoms with Crippen LogP contribution in [0.15, 0.2) is 42.5 Å². The Morgan fingerprint density at radius 2 is 1.55 bits per heavy atom. The summed E-state index contributed by atoms with van der Waals surface area (Å²) in [5, 5.41) is 2.96. The molecule has 0 aromatic heterocycles. The molecule has 216 valence electrons. The zero-order valence-electron chi connectivity index (χ0n) is 23.4. The third kappa shape index (κ3) is 6.23. The molecule has 0 radical (unpaired) electrons. The number of fused-ring (bicyclic) bond motifs is 1. The molecule has 0 bridgehead atoms. The number of ether oxygens (including phenoxy) is 1. The highest BCUT2D eigenvalue weighted by molar-refractivity contribution is 5.94. The molecule has 2 fully saturated rings. The van der Waals surface area contributed by atoms with E-state index in [1.54, 1.807) is 12.1 Å². The summed E-state index contributed by atoms with van der Waals surface area (Å²) in [6.45, 7) is 8.48. The Morgan fingerprint density at radius 1 is 0.925 bits per heavy atom. The largest absolute Gasteiger partial charge is 0.444 e. The average molecular weight is 558 g/mol. The quantitative estimate of drug-likeness (QED) is 0.454. The number of halogens is 3. The number of rotatable bonds is 3. The van der Waals surface area contributed by atoms with E-state index < -0.39 is 23.4 Å². The first-order chi connectivity index (χ1) is 18.8. The molecular formula is C31H38F3N3O3. The van der Waals surface area contributed by atoms with Crippen molar-refractivity contribution >= 4 is 17.7 Å². The minimum atomic E-state index is -4.33. The molecule has 6 nitrogen and oxygen atoms in total. The number of hydrogen-bond acceptors (Lipinski definition) is 4. The zero-order chi connectivity index (χ0) is 28.7. The fourth-order valence-electron chi connectivity index (χ4n) is 6.30. The molecule has 2 heterocycles. The number of alkyl carbamates (subject to hydrolysis) is 1. The Morgan fingerprint density at radius 3 is 2.15 bits per heavy atom. The third-order valence-electron chi connectivity index (χ3n) is 8.66. The molecule has 5 rings (SSSR count). The van der Waals surface area contributed by atoms with Crippen LogP contribution in [0, 0.1) is 5.41 Å². The fourth-order valence-corrected chi connectivity index (χ4v) is 6.30. The maximum atomic E-state index is 13.4. The van der Waals surface area contributed by atoms with Crippen molar-refractivity contribution in [3.8, 4) is 0 Å². The maximum absolute atomic E-state index is 13.4. The van der Waals surface area contributed by atoms with E-state index in [4.69, 9.17) is 4.74 Å². The Kier molecular flexibility index (Phi) is 7.52. The van der Waals surface area contributed by atoms with Crippen LogP contribution in [-0.4, -0.2) is 48.7 Å². The van der Waals surface area contributed by atoms with Crippen molar-refractivity contribution in [2.24, 2.45) is 5.41 Å². The number of piperidine rings is 2. The summed E-state index contributed by atoms with van der Waals surface area (Å²) in [4.78, 5) is 29.9. The van der Waals surface area contributed by atoms with Crippen molar-refractivity contribution < 1.29 is 27.5 Å². The zero-order valence-corrected chi connectivity index (χ0v) is 23.4. The van der Waals surface area contributed by atoms with Gasteiger partial charge in [0.15, 0.2) is 0 Å². The van der Waals surface area contributed by atoms with Gasteiger partial charge in [0.05, 0.1) is 11.6 Å². The second-order valence-corrected chi connectivity index (χ2v) is 12.5. The van der Waals surface area contributed by atoms with Gasteiger partial charge in [-0.25, -0.2) is 4.79 Å². The van der Waals surface area contributed by atoms with E-state index in [0.29, 0.717) is 18.7 Å². The summed E-state index contributed by atoms with van der Waals surface area (Å²) in [7, 11) is 0. The maximum Gasteiger partial charge on any atom is 0.416 e. The lowest BCUT2D eigenvalue weighted by Crippen LogP contribution is -2.48. The molecule has 0 saturated carbocycles. The molecule has 2 aromatic carbocycles. The molecule has 1 aliphatic carbocycles. The summed E-state index contributed by atoms with van der Waals surface area (Å²) >= 11 is 0. The molecule has 2 aromatic rings. The van der Waals surface area contributed by atoms with E-state index in [9.17, 15) is 22.8 Å². The number of aryl methyl sites for hydroxylation is 1. The summed E-state index contributed by atoms with van der Waals surface area (Å²) in [6.07, 6.45) is 0.629. The third-order valence-corrected chi connectivity index (χ3v) is 8.66. The molecule has 2 amide bonds. The summed E-state index contributed by atoms with van der Waals surface area (Å²) in [5.41, 5.74) is 2.57. The van der Waals surface area contributed by atoms with Gasteiger partial charge in [0.2, 0.25) is 0 Å². The Labute approximate surface area is 233 Å². The topological polar surface area (TPSA) is 61.9 Å². The summed E-state index contributed by atoms with van der Waals surface area (Å²) < 4.78 is 44.1. The molecule has 2 saturated heterocycles. The van der Waals surface area contributed by atoms with Crippen molar-refractivity contribution in [1.29, 1.82) is 0 Å². The number of carbonyl (C=O) groups is 2. The molecule has 1 spiro atoms. The van der Waals surface area contributed by atoms with Crippen LogP contribution in [0.5, 0.6) is 0 Å². The number of anilines is 1. The van der Waals surface area contributed by atoms with Crippen molar-refractivity contribution in [1.82, 2.24) is 10.2 Å². The van der Waals surface area contributed by atoms with Crippen molar-refractivity contribution in [2.75, 3.05) is 31.1 Å². The lowest BCUT2D eigenvalue weighted by molar-refractivity contribution is -0.137. The number of likely N-dealkylation sites (tertiary alicyclic amines) is 1. The highest BCUT2D eigenvalue weighted by Crippen LogP contribution is 2.43. The number of benzene rings is 2. The lowest BCUT2D eigenvalue weighted by atomic mass is 9.71. The first-order valence-electron chi connectivity index (χ1n) is 14.2. The Hall–Kier alpha value is -3.23. The predicted molar refractivity (Wildman–Crippen MR) is 147 cm³/mol. The van der Waals surface area contributed by atoms with Crippen molar-refractivity contribution in [3.63, 3.8) is 0 Å². The van der Waals surface area contributed by atoms with Gasteiger partial charge in [-0.05, 0) is 112 Å². The molecule has 40 heavy (non-hydrogen) atoms. The number of alkyl halides is 3. The van der Waals surface area contributed by atoms with E-state index in [1.165, 1.54) is 0 Å². The van der Waals surface area contributed by atoms with Crippen LogP contribution in [0.4, 0.5) is 23.7 Å².